The van der Waals surface area contributed by atoms with Gasteiger partial charge in [0, 0.05) is 29.6 Å². The van der Waals surface area contributed by atoms with Crippen LogP contribution in [-0.2, 0) is 12.8 Å². The molecule has 0 saturated heterocycles. The first-order valence-electron chi connectivity index (χ1n) is 9.91. The van der Waals surface area contributed by atoms with Crippen molar-refractivity contribution < 1.29 is 22.6 Å². The van der Waals surface area contributed by atoms with Crippen molar-refractivity contribution in [3.05, 3.63) is 59.3 Å². The predicted octanol–water partition coefficient (Wildman–Crippen LogP) is 5.73. The van der Waals surface area contributed by atoms with E-state index in [2.05, 4.69) is 19.9 Å². The van der Waals surface area contributed by atoms with Gasteiger partial charge in [0.2, 0.25) is 11.2 Å². The Morgan fingerprint density at radius 3 is 2.61 bits per heavy atom. The first-order valence-corrected chi connectivity index (χ1v) is 10.3. The number of methoxy groups -OCH3 is 1. The third-order valence-corrected chi connectivity index (χ3v) is 5.07. The van der Waals surface area contributed by atoms with Gasteiger partial charge in [-0.05, 0) is 43.6 Å². The Kier molecular flexibility index (Phi) is 6.11. The highest BCUT2D eigenvalue weighted by Crippen LogP contribution is 2.34. The van der Waals surface area contributed by atoms with Crippen molar-refractivity contribution in [1.29, 1.82) is 0 Å². The van der Waals surface area contributed by atoms with E-state index in [1.165, 1.54) is 11.7 Å². The van der Waals surface area contributed by atoms with E-state index in [0.29, 0.717) is 27.9 Å². The summed E-state index contributed by atoms with van der Waals surface area (Å²) in [5, 5.41) is 0.593. The van der Waals surface area contributed by atoms with Gasteiger partial charge in [-0.3, -0.25) is 0 Å². The van der Waals surface area contributed by atoms with Crippen LogP contribution in [0.2, 0.25) is 5.28 Å². The van der Waals surface area contributed by atoms with E-state index in [1.807, 2.05) is 0 Å². The van der Waals surface area contributed by atoms with Crippen LogP contribution in [0.25, 0.3) is 22.4 Å². The lowest BCUT2D eigenvalue weighted by Crippen LogP contribution is -2.05. The summed E-state index contributed by atoms with van der Waals surface area (Å²) in [4.78, 5) is 16.2. The Balaban J connectivity index is 1.66. The van der Waals surface area contributed by atoms with Crippen LogP contribution in [0.4, 0.5) is 13.2 Å². The maximum absolute atomic E-state index is 13.2. The molecule has 1 aromatic carbocycles. The second-order valence-corrected chi connectivity index (χ2v) is 7.77. The number of ether oxygens (including phenoxy) is 2. The molecular formula is C22H19ClF3N5O2. The minimum Gasteiger partial charge on any atom is -0.496 e. The number of hydrogen-bond donors (Lipinski definition) is 0. The van der Waals surface area contributed by atoms with Gasteiger partial charge in [-0.25, -0.2) is 9.97 Å². The summed E-state index contributed by atoms with van der Waals surface area (Å²) in [6.45, 7) is 3.65. The van der Waals surface area contributed by atoms with E-state index in [0.717, 1.165) is 6.20 Å². The van der Waals surface area contributed by atoms with Crippen molar-refractivity contribution in [2.24, 2.45) is 0 Å². The molecule has 4 aromatic rings. The summed E-state index contributed by atoms with van der Waals surface area (Å²) < 4.78 is 52.5. The van der Waals surface area contributed by atoms with Gasteiger partial charge in [0.1, 0.15) is 18.2 Å². The summed E-state index contributed by atoms with van der Waals surface area (Å²) in [6.07, 6.45) is -1.94. The van der Waals surface area contributed by atoms with E-state index in [9.17, 15) is 13.2 Å². The van der Waals surface area contributed by atoms with Crippen LogP contribution < -0.4 is 9.47 Å². The van der Waals surface area contributed by atoms with Gasteiger partial charge in [-0.1, -0.05) is 12.1 Å². The topological polar surface area (TPSA) is 75.0 Å². The minimum atomic E-state index is -4.54. The molecule has 33 heavy (non-hydrogen) atoms. The summed E-state index contributed by atoms with van der Waals surface area (Å²) in [7, 11) is 1.47. The number of rotatable bonds is 6. The smallest absolute Gasteiger partial charge is 0.434 e. The molecule has 11 heteroatoms. The molecule has 0 aliphatic rings. The molecule has 0 unspecified atom stereocenters. The van der Waals surface area contributed by atoms with E-state index in [-0.39, 0.29) is 29.6 Å². The third-order valence-electron chi connectivity index (χ3n) is 4.90. The lowest BCUT2D eigenvalue weighted by molar-refractivity contribution is -0.140. The molecule has 0 aliphatic carbocycles. The van der Waals surface area contributed by atoms with Crippen molar-refractivity contribution in [3.63, 3.8) is 0 Å². The van der Waals surface area contributed by atoms with E-state index in [4.69, 9.17) is 21.1 Å². The van der Waals surface area contributed by atoms with Crippen LogP contribution in [0.1, 0.15) is 31.1 Å². The standard InChI is InChI=1S/C22H19ClF3N5O2/c1-12(2)31-10-17(22(24,25)26)28-19(31)13-6-7-14(16(9-13)32-3)11-33-20-15-5-4-8-27-18(15)29-21(23)30-20/h4-10,12H,11H2,1-3H3. The van der Waals surface area contributed by atoms with Gasteiger partial charge in [-0.15, -0.1) is 0 Å². The SMILES string of the molecule is COc1cc(-c2nc(C(F)(F)F)cn2C(C)C)ccc1COc1nc(Cl)nc2ncccc12. The number of nitrogens with zero attached hydrogens (tertiary/aromatic N) is 5. The number of fused-ring (bicyclic) bond motifs is 1. The minimum absolute atomic E-state index is 0.000460. The maximum Gasteiger partial charge on any atom is 0.434 e. The number of imidazole rings is 1. The maximum atomic E-state index is 13.2. The molecule has 3 aromatic heterocycles. The van der Waals surface area contributed by atoms with Crippen molar-refractivity contribution in [1.82, 2.24) is 24.5 Å². The average Bonchev–Trinajstić information content (AvgIpc) is 3.24. The van der Waals surface area contributed by atoms with E-state index < -0.39 is 11.9 Å². The highest BCUT2D eigenvalue weighted by Gasteiger charge is 2.35. The highest BCUT2D eigenvalue weighted by molar-refractivity contribution is 6.28. The molecule has 172 valence electrons. The molecule has 0 atom stereocenters. The van der Waals surface area contributed by atoms with Gasteiger partial charge in [-0.2, -0.15) is 23.1 Å². The van der Waals surface area contributed by atoms with Gasteiger partial charge in [0.25, 0.3) is 0 Å². The van der Waals surface area contributed by atoms with Crippen molar-refractivity contribution in [2.75, 3.05) is 7.11 Å². The summed E-state index contributed by atoms with van der Waals surface area (Å²) in [6, 6.07) is 8.29. The molecule has 0 spiro atoms. The van der Waals surface area contributed by atoms with Crippen LogP contribution >= 0.6 is 11.6 Å². The molecule has 0 radical (unpaired) electrons. The largest absolute Gasteiger partial charge is 0.496 e. The first-order chi connectivity index (χ1) is 15.7. The fraction of sp³-hybridized carbons (Fsp3) is 0.273. The van der Waals surface area contributed by atoms with Crippen molar-refractivity contribution in [3.8, 4) is 23.0 Å². The van der Waals surface area contributed by atoms with Gasteiger partial charge < -0.3 is 14.0 Å². The third kappa shape index (κ3) is 4.70. The van der Waals surface area contributed by atoms with E-state index >= 15 is 0 Å². The number of alkyl halides is 3. The average molecular weight is 478 g/mol. The Morgan fingerprint density at radius 2 is 1.91 bits per heavy atom. The zero-order chi connectivity index (χ0) is 23.8. The molecule has 0 saturated carbocycles. The van der Waals surface area contributed by atoms with E-state index in [1.54, 1.807) is 50.4 Å². The van der Waals surface area contributed by atoms with Crippen LogP contribution in [0, 0.1) is 0 Å². The Bertz CT molecular complexity index is 1310. The van der Waals surface area contributed by atoms with Gasteiger partial charge in [0.05, 0.1) is 12.5 Å². The lowest BCUT2D eigenvalue weighted by atomic mass is 10.1. The number of halogens is 4. The van der Waals surface area contributed by atoms with Gasteiger partial charge in [0.15, 0.2) is 11.3 Å². The highest BCUT2D eigenvalue weighted by atomic mass is 35.5. The second-order valence-electron chi connectivity index (χ2n) is 7.44. The fourth-order valence-corrected chi connectivity index (χ4v) is 3.46. The Morgan fingerprint density at radius 1 is 1.12 bits per heavy atom. The van der Waals surface area contributed by atoms with Crippen LogP contribution in [-0.4, -0.2) is 31.6 Å². The van der Waals surface area contributed by atoms with Crippen LogP contribution in [0.3, 0.4) is 0 Å². The number of pyridine rings is 1. The van der Waals surface area contributed by atoms with Crippen LogP contribution in [0.15, 0.2) is 42.7 Å². The fourth-order valence-electron chi connectivity index (χ4n) is 3.31. The van der Waals surface area contributed by atoms with Crippen molar-refractivity contribution in [2.45, 2.75) is 32.7 Å². The Hall–Kier alpha value is -3.40. The summed E-state index contributed by atoms with van der Waals surface area (Å²) in [5.41, 5.74) is 0.598. The molecule has 0 bridgehead atoms. The van der Waals surface area contributed by atoms with Crippen LogP contribution in [0.5, 0.6) is 11.6 Å². The monoisotopic (exact) mass is 477 g/mol. The zero-order valence-electron chi connectivity index (χ0n) is 17.9. The number of benzene rings is 1. The molecule has 7 nitrogen and oxygen atoms in total. The Labute approximate surface area is 192 Å². The molecule has 3 heterocycles. The lowest BCUT2D eigenvalue weighted by Gasteiger charge is -2.14. The summed E-state index contributed by atoms with van der Waals surface area (Å²) >= 11 is 5.97. The zero-order valence-corrected chi connectivity index (χ0v) is 18.6. The summed E-state index contributed by atoms with van der Waals surface area (Å²) in [5.74, 6) is 0.888. The van der Waals surface area contributed by atoms with Gasteiger partial charge >= 0.3 is 6.18 Å². The quantitative estimate of drug-likeness (QED) is 0.330. The number of hydrogen-bond acceptors (Lipinski definition) is 6. The predicted molar refractivity (Wildman–Crippen MR) is 116 cm³/mol. The first kappa shape index (κ1) is 22.8. The molecule has 4 rings (SSSR count). The van der Waals surface area contributed by atoms with Crippen molar-refractivity contribution >= 4 is 22.6 Å². The number of aromatic nitrogens is 5. The second kappa shape index (κ2) is 8.86. The molecule has 0 aliphatic heterocycles. The molecule has 0 fully saturated rings. The normalized spacial score (nSPS) is 11.9. The molecule has 0 N–H and O–H groups in total. The molecular weight excluding hydrogens is 459 g/mol. The molecule has 0 amide bonds.